The number of hydrogen-bond acceptors (Lipinski definition) is 4. The summed E-state index contributed by atoms with van der Waals surface area (Å²) in [5.74, 6) is 0.758. The van der Waals surface area contributed by atoms with Gasteiger partial charge >= 0.3 is 0 Å². The average molecular weight is 334 g/mol. The number of thioether (sulfide) groups is 1. The lowest BCUT2D eigenvalue weighted by atomic mass is 10.3. The fraction of sp³-hybridized carbons (Fsp3) is 0.714. The molecule has 0 aromatic carbocycles. The van der Waals surface area contributed by atoms with Gasteiger partial charge in [-0.1, -0.05) is 6.92 Å². The Morgan fingerprint density at radius 2 is 2.00 bits per heavy atom. The highest BCUT2D eigenvalue weighted by Gasteiger charge is 2.21. The van der Waals surface area contributed by atoms with Gasteiger partial charge in [0.1, 0.15) is 0 Å². The molecule has 7 heteroatoms. The van der Waals surface area contributed by atoms with Crippen LogP contribution in [0.1, 0.15) is 39.4 Å². The monoisotopic (exact) mass is 333 g/mol. The van der Waals surface area contributed by atoms with Crippen LogP contribution in [0.25, 0.3) is 0 Å². The number of aromatic nitrogens is 1. The molecule has 0 aliphatic carbocycles. The van der Waals surface area contributed by atoms with Gasteiger partial charge in [-0.2, -0.15) is 11.8 Å². The summed E-state index contributed by atoms with van der Waals surface area (Å²) in [6.07, 6.45) is 3.69. The predicted octanol–water partition coefficient (Wildman–Crippen LogP) is 2.21. The van der Waals surface area contributed by atoms with Crippen LogP contribution in [0.4, 0.5) is 0 Å². The van der Waals surface area contributed by atoms with Crippen LogP contribution in [0.15, 0.2) is 17.2 Å². The molecule has 5 nitrogen and oxygen atoms in total. The summed E-state index contributed by atoms with van der Waals surface area (Å²) in [5.41, 5.74) is 0.991. The van der Waals surface area contributed by atoms with Gasteiger partial charge in [-0.05, 0) is 39.6 Å². The first-order valence-corrected chi connectivity index (χ1v) is 10.1. The Balaban J connectivity index is 3.01. The van der Waals surface area contributed by atoms with Gasteiger partial charge in [0.25, 0.3) is 0 Å². The van der Waals surface area contributed by atoms with Crippen LogP contribution >= 0.6 is 11.8 Å². The van der Waals surface area contributed by atoms with Crippen molar-refractivity contribution in [2.45, 2.75) is 51.2 Å². The van der Waals surface area contributed by atoms with Crippen molar-refractivity contribution in [2.75, 3.05) is 18.6 Å². The normalized spacial score (nSPS) is 13.8. The van der Waals surface area contributed by atoms with Gasteiger partial charge in [0.2, 0.25) is 10.0 Å². The van der Waals surface area contributed by atoms with Crippen molar-refractivity contribution in [3.8, 4) is 0 Å². The Kier molecular flexibility index (Phi) is 7.26. The van der Waals surface area contributed by atoms with E-state index >= 15 is 0 Å². The van der Waals surface area contributed by atoms with Crippen LogP contribution in [-0.4, -0.2) is 37.6 Å². The number of nitrogens with zero attached hydrogens (tertiary/aromatic N) is 1. The second kappa shape index (κ2) is 8.22. The second-order valence-electron chi connectivity index (χ2n) is 5.43. The van der Waals surface area contributed by atoms with Crippen molar-refractivity contribution in [3.63, 3.8) is 0 Å². The van der Waals surface area contributed by atoms with Crippen molar-refractivity contribution >= 4 is 21.8 Å². The van der Waals surface area contributed by atoms with E-state index in [-0.39, 0.29) is 12.1 Å². The zero-order valence-corrected chi connectivity index (χ0v) is 15.1. The van der Waals surface area contributed by atoms with Crippen LogP contribution < -0.4 is 10.0 Å². The maximum atomic E-state index is 12.4. The predicted molar refractivity (Wildman–Crippen MR) is 90.4 cm³/mol. The number of hydrogen-bond donors (Lipinski definition) is 2. The molecule has 0 amide bonds. The maximum Gasteiger partial charge on any atom is 0.242 e. The highest BCUT2D eigenvalue weighted by molar-refractivity contribution is 7.98. The van der Waals surface area contributed by atoms with E-state index in [0.717, 1.165) is 18.0 Å². The number of nitrogens with one attached hydrogen (secondary N) is 2. The third-order valence-corrected chi connectivity index (χ3v) is 5.49. The molecule has 1 atom stereocenters. The Morgan fingerprint density at radius 1 is 1.33 bits per heavy atom. The highest BCUT2D eigenvalue weighted by atomic mass is 32.2. The molecule has 0 aliphatic rings. The van der Waals surface area contributed by atoms with E-state index in [4.69, 9.17) is 0 Å². The molecular formula is C14H27N3O2S2. The fourth-order valence-corrected chi connectivity index (χ4v) is 4.12. The average Bonchev–Trinajstić information content (AvgIpc) is 2.81. The van der Waals surface area contributed by atoms with Gasteiger partial charge in [0.15, 0.2) is 0 Å². The van der Waals surface area contributed by atoms with E-state index in [9.17, 15) is 8.42 Å². The lowest BCUT2D eigenvalue weighted by molar-refractivity contribution is 0.553. The van der Waals surface area contributed by atoms with E-state index in [0.29, 0.717) is 11.4 Å². The minimum atomic E-state index is -3.45. The zero-order chi connectivity index (χ0) is 16.0. The Morgan fingerprint density at radius 3 is 2.52 bits per heavy atom. The zero-order valence-electron chi connectivity index (χ0n) is 13.5. The minimum absolute atomic E-state index is 0.0791. The minimum Gasteiger partial charge on any atom is -0.346 e. The quantitative estimate of drug-likeness (QED) is 0.727. The second-order valence-corrected chi connectivity index (χ2v) is 8.05. The first kappa shape index (κ1) is 18.5. The molecule has 1 rings (SSSR count). The summed E-state index contributed by atoms with van der Waals surface area (Å²) in [6, 6.07) is 1.91. The van der Waals surface area contributed by atoms with Crippen LogP contribution in [0, 0.1) is 0 Å². The van der Waals surface area contributed by atoms with Crippen molar-refractivity contribution in [3.05, 3.63) is 18.0 Å². The molecule has 122 valence electrons. The van der Waals surface area contributed by atoms with Crippen molar-refractivity contribution in [2.24, 2.45) is 0 Å². The van der Waals surface area contributed by atoms with Gasteiger partial charge in [-0.25, -0.2) is 13.1 Å². The van der Waals surface area contributed by atoms with Gasteiger partial charge in [-0.15, -0.1) is 0 Å². The summed E-state index contributed by atoms with van der Waals surface area (Å²) in [5, 5.41) is 3.25. The molecule has 0 fully saturated rings. The van der Waals surface area contributed by atoms with Gasteiger partial charge < -0.3 is 9.88 Å². The number of sulfonamides is 1. The van der Waals surface area contributed by atoms with Crippen LogP contribution in [-0.2, 0) is 16.6 Å². The molecule has 1 heterocycles. The molecule has 21 heavy (non-hydrogen) atoms. The van der Waals surface area contributed by atoms with Crippen molar-refractivity contribution in [1.82, 2.24) is 14.6 Å². The molecule has 1 unspecified atom stereocenters. The van der Waals surface area contributed by atoms with E-state index in [1.165, 1.54) is 0 Å². The molecule has 0 saturated carbocycles. The van der Waals surface area contributed by atoms with E-state index in [1.54, 1.807) is 24.0 Å². The Hall–Kier alpha value is -0.500. The van der Waals surface area contributed by atoms with Crippen molar-refractivity contribution in [1.29, 1.82) is 0 Å². The molecule has 0 aliphatic heterocycles. The third-order valence-electron chi connectivity index (χ3n) is 3.10. The molecule has 0 spiro atoms. The van der Waals surface area contributed by atoms with Crippen molar-refractivity contribution < 1.29 is 8.42 Å². The van der Waals surface area contributed by atoms with Crippen LogP contribution in [0.3, 0.4) is 0 Å². The first-order valence-electron chi connectivity index (χ1n) is 7.24. The van der Waals surface area contributed by atoms with Gasteiger partial charge in [0, 0.05) is 36.3 Å². The Labute approximate surface area is 132 Å². The van der Waals surface area contributed by atoms with Crippen LogP contribution in [0.2, 0.25) is 0 Å². The SMILES string of the molecule is CCNCc1cc(S(=O)(=O)NC(C)CSC)cn1C(C)C. The molecule has 2 N–H and O–H groups in total. The maximum absolute atomic E-state index is 12.4. The van der Waals surface area contributed by atoms with E-state index in [2.05, 4.69) is 23.9 Å². The molecule has 1 aromatic heterocycles. The molecule has 0 bridgehead atoms. The standard InChI is InChI=1S/C14H27N3O2S2/c1-6-15-8-13-7-14(9-17(13)11(2)3)21(18,19)16-12(4)10-20-5/h7,9,11-12,15-16H,6,8,10H2,1-5H3. The molecular weight excluding hydrogens is 306 g/mol. The topological polar surface area (TPSA) is 63.1 Å². The summed E-state index contributed by atoms with van der Waals surface area (Å²) < 4.78 is 29.6. The summed E-state index contributed by atoms with van der Waals surface area (Å²) >= 11 is 1.63. The highest BCUT2D eigenvalue weighted by Crippen LogP contribution is 2.19. The molecule has 1 aromatic rings. The Bertz CT molecular complexity index is 538. The lowest BCUT2D eigenvalue weighted by Crippen LogP contribution is -2.34. The number of rotatable bonds is 9. The van der Waals surface area contributed by atoms with E-state index in [1.807, 2.05) is 24.7 Å². The van der Waals surface area contributed by atoms with Gasteiger partial charge in [0.05, 0.1) is 4.90 Å². The smallest absolute Gasteiger partial charge is 0.242 e. The molecule has 0 saturated heterocycles. The largest absolute Gasteiger partial charge is 0.346 e. The summed E-state index contributed by atoms with van der Waals surface area (Å²) in [4.78, 5) is 0.344. The summed E-state index contributed by atoms with van der Waals surface area (Å²) in [7, 11) is -3.45. The molecule has 0 radical (unpaired) electrons. The third kappa shape index (κ3) is 5.32. The first-order chi connectivity index (χ1) is 9.81. The van der Waals surface area contributed by atoms with E-state index < -0.39 is 10.0 Å². The fourth-order valence-electron chi connectivity index (χ4n) is 2.14. The van der Waals surface area contributed by atoms with Crippen LogP contribution in [0.5, 0.6) is 0 Å². The van der Waals surface area contributed by atoms with Gasteiger partial charge in [-0.3, -0.25) is 0 Å². The lowest BCUT2D eigenvalue weighted by Gasteiger charge is -2.13. The summed E-state index contributed by atoms with van der Waals surface area (Å²) in [6.45, 7) is 9.54.